The zero-order chi connectivity index (χ0) is 14.6. The monoisotopic (exact) mass is 303 g/mol. The maximum absolute atomic E-state index is 11.4. The lowest BCUT2D eigenvalue weighted by Gasteiger charge is -2.06. The summed E-state index contributed by atoms with van der Waals surface area (Å²) < 4.78 is 22.0. The first-order valence-corrected chi connectivity index (χ1v) is 8.35. The van der Waals surface area contributed by atoms with E-state index in [1.54, 1.807) is 0 Å². The molecule has 0 aliphatic rings. The standard InChI is InChI=1S/C11H13NO5S2/c1-8(13)10-7-9(12(14)15)3-4-11(10)18-5-6-19(2,16)17/h3-4,7H,5-6H2,1-2H3. The van der Waals surface area contributed by atoms with Gasteiger partial charge >= 0.3 is 0 Å². The summed E-state index contributed by atoms with van der Waals surface area (Å²) in [5, 5.41) is 10.6. The fourth-order valence-electron chi connectivity index (χ4n) is 1.34. The molecule has 1 aromatic carbocycles. The SMILES string of the molecule is CC(=O)c1cc([N+](=O)[O-])ccc1SCCS(C)(=O)=O. The van der Waals surface area contributed by atoms with E-state index in [2.05, 4.69) is 0 Å². The summed E-state index contributed by atoms with van der Waals surface area (Å²) >= 11 is 1.20. The zero-order valence-corrected chi connectivity index (χ0v) is 12.1. The molecule has 0 atom stereocenters. The maximum Gasteiger partial charge on any atom is 0.270 e. The van der Waals surface area contributed by atoms with Gasteiger partial charge in [-0.1, -0.05) is 0 Å². The highest BCUT2D eigenvalue weighted by molar-refractivity contribution is 8.00. The van der Waals surface area contributed by atoms with Crippen molar-refractivity contribution in [1.29, 1.82) is 0 Å². The normalized spacial score (nSPS) is 11.3. The molecule has 0 aromatic heterocycles. The van der Waals surface area contributed by atoms with Gasteiger partial charge in [-0.05, 0) is 13.0 Å². The van der Waals surface area contributed by atoms with Gasteiger partial charge in [0.15, 0.2) is 5.78 Å². The van der Waals surface area contributed by atoms with E-state index in [4.69, 9.17) is 0 Å². The predicted octanol–water partition coefficient (Wildman–Crippen LogP) is 1.93. The molecule has 0 unspecified atom stereocenters. The summed E-state index contributed by atoms with van der Waals surface area (Å²) in [5.41, 5.74) is 0.0883. The molecule has 0 heterocycles. The molecule has 0 amide bonds. The van der Waals surface area contributed by atoms with Gasteiger partial charge in [0.2, 0.25) is 0 Å². The zero-order valence-electron chi connectivity index (χ0n) is 10.5. The third-order valence-corrected chi connectivity index (χ3v) is 4.54. The highest BCUT2D eigenvalue weighted by atomic mass is 32.2. The van der Waals surface area contributed by atoms with Crippen LogP contribution < -0.4 is 0 Å². The molecule has 19 heavy (non-hydrogen) atoms. The first-order chi connectivity index (χ1) is 8.70. The molecule has 0 aliphatic heterocycles. The minimum absolute atomic E-state index is 0.00794. The van der Waals surface area contributed by atoms with Crippen molar-refractivity contribution >= 4 is 33.1 Å². The number of nitro groups is 1. The lowest BCUT2D eigenvalue weighted by atomic mass is 10.1. The number of hydrogen-bond donors (Lipinski definition) is 0. The molecule has 0 fully saturated rings. The van der Waals surface area contributed by atoms with E-state index < -0.39 is 14.8 Å². The molecule has 0 spiro atoms. The van der Waals surface area contributed by atoms with Crippen LogP contribution in [0.2, 0.25) is 0 Å². The number of thioether (sulfide) groups is 1. The van der Waals surface area contributed by atoms with Gasteiger partial charge in [-0.2, -0.15) is 0 Å². The number of non-ortho nitro benzene ring substituents is 1. The molecule has 0 saturated carbocycles. The van der Waals surface area contributed by atoms with Gasteiger partial charge in [0.05, 0.1) is 10.7 Å². The average Bonchev–Trinajstić information content (AvgIpc) is 2.27. The lowest BCUT2D eigenvalue weighted by Crippen LogP contribution is -2.06. The Morgan fingerprint density at radius 1 is 1.42 bits per heavy atom. The molecule has 1 aromatic rings. The number of Topliss-reactive ketones (excluding diaryl/α,β-unsaturated/α-hetero) is 1. The van der Waals surface area contributed by atoms with Gasteiger partial charge in [0.1, 0.15) is 9.84 Å². The first-order valence-electron chi connectivity index (χ1n) is 5.30. The third-order valence-electron chi connectivity index (χ3n) is 2.26. The Morgan fingerprint density at radius 3 is 2.53 bits per heavy atom. The largest absolute Gasteiger partial charge is 0.294 e. The number of nitrogens with zero attached hydrogens (tertiary/aromatic N) is 1. The van der Waals surface area contributed by atoms with Crippen molar-refractivity contribution < 1.29 is 18.1 Å². The second-order valence-corrected chi connectivity index (χ2v) is 7.37. The van der Waals surface area contributed by atoms with Crippen molar-refractivity contribution in [2.75, 3.05) is 17.8 Å². The molecule has 0 saturated heterocycles. The lowest BCUT2D eigenvalue weighted by molar-refractivity contribution is -0.384. The molecule has 0 radical (unpaired) electrons. The average molecular weight is 303 g/mol. The van der Waals surface area contributed by atoms with Gasteiger partial charge in [-0.15, -0.1) is 11.8 Å². The minimum Gasteiger partial charge on any atom is -0.294 e. The van der Waals surface area contributed by atoms with Gasteiger partial charge in [0, 0.05) is 34.6 Å². The molecule has 6 nitrogen and oxygen atoms in total. The van der Waals surface area contributed by atoms with Crippen LogP contribution >= 0.6 is 11.8 Å². The molecule has 0 bridgehead atoms. The summed E-state index contributed by atoms with van der Waals surface area (Å²) in [6.45, 7) is 1.32. The highest BCUT2D eigenvalue weighted by Gasteiger charge is 2.14. The predicted molar refractivity (Wildman–Crippen MR) is 73.5 cm³/mol. The van der Waals surface area contributed by atoms with Gasteiger partial charge in [-0.3, -0.25) is 14.9 Å². The molecule has 0 N–H and O–H groups in total. The van der Waals surface area contributed by atoms with Crippen molar-refractivity contribution in [3.05, 3.63) is 33.9 Å². The van der Waals surface area contributed by atoms with Crippen molar-refractivity contribution in [3.8, 4) is 0 Å². The number of carbonyl (C=O) groups excluding carboxylic acids is 1. The quantitative estimate of drug-likeness (QED) is 0.345. The fourth-order valence-corrected chi connectivity index (χ4v) is 3.62. The Morgan fingerprint density at radius 2 is 2.05 bits per heavy atom. The fraction of sp³-hybridized carbons (Fsp3) is 0.364. The molecular weight excluding hydrogens is 290 g/mol. The number of nitro benzene ring substituents is 1. The van der Waals surface area contributed by atoms with E-state index in [0.29, 0.717) is 10.6 Å². The third kappa shape index (κ3) is 4.99. The molecular formula is C11H13NO5S2. The second-order valence-electron chi connectivity index (χ2n) is 3.97. The Hall–Kier alpha value is -1.41. The van der Waals surface area contributed by atoms with Crippen LogP contribution in [0.4, 0.5) is 5.69 Å². The van der Waals surface area contributed by atoms with E-state index in [1.165, 1.54) is 36.9 Å². The highest BCUT2D eigenvalue weighted by Crippen LogP contribution is 2.27. The van der Waals surface area contributed by atoms with Crippen LogP contribution in [-0.4, -0.2) is 36.9 Å². The number of carbonyl (C=O) groups is 1. The van der Waals surface area contributed by atoms with Gasteiger partial charge in [-0.25, -0.2) is 8.42 Å². The van der Waals surface area contributed by atoms with Crippen LogP contribution in [0.1, 0.15) is 17.3 Å². The number of ketones is 1. The Kier molecular flexibility index (Phi) is 5.07. The number of hydrogen-bond acceptors (Lipinski definition) is 6. The maximum atomic E-state index is 11.4. The molecule has 0 aliphatic carbocycles. The van der Waals surface area contributed by atoms with Crippen molar-refractivity contribution in [2.24, 2.45) is 0 Å². The van der Waals surface area contributed by atoms with Gasteiger partial charge in [0.25, 0.3) is 5.69 Å². The smallest absolute Gasteiger partial charge is 0.270 e. The number of benzene rings is 1. The van der Waals surface area contributed by atoms with Crippen molar-refractivity contribution in [3.63, 3.8) is 0 Å². The Balaban J connectivity index is 2.94. The van der Waals surface area contributed by atoms with Crippen molar-refractivity contribution in [1.82, 2.24) is 0 Å². The second kappa shape index (κ2) is 6.16. The molecule has 8 heteroatoms. The number of rotatable bonds is 6. The van der Waals surface area contributed by atoms with Crippen LogP contribution in [0.5, 0.6) is 0 Å². The van der Waals surface area contributed by atoms with E-state index in [-0.39, 0.29) is 22.8 Å². The Bertz CT molecular complexity index is 610. The van der Waals surface area contributed by atoms with Crippen LogP contribution in [0.15, 0.2) is 23.1 Å². The molecule has 104 valence electrons. The molecule has 1 rings (SSSR count). The van der Waals surface area contributed by atoms with E-state index in [0.717, 1.165) is 6.26 Å². The topological polar surface area (TPSA) is 94.3 Å². The van der Waals surface area contributed by atoms with Crippen LogP contribution in [0.25, 0.3) is 0 Å². The van der Waals surface area contributed by atoms with Crippen molar-refractivity contribution in [2.45, 2.75) is 11.8 Å². The minimum atomic E-state index is -3.06. The van der Waals surface area contributed by atoms with Gasteiger partial charge < -0.3 is 0 Å². The first kappa shape index (κ1) is 15.6. The van der Waals surface area contributed by atoms with E-state index >= 15 is 0 Å². The van der Waals surface area contributed by atoms with E-state index in [1.807, 2.05) is 0 Å². The number of sulfone groups is 1. The van der Waals surface area contributed by atoms with E-state index in [9.17, 15) is 23.3 Å². The summed E-state index contributed by atoms with van der Waals surface area (Å²) in [6.07, 6.45) is 1.13. The summed E-state index contributed by atoms with van der Waals surface area (Å²) in [4.78, 5) is 22.1. The van der Waals surface area contributed by atoms with Crippen LogP contribution in [0.3, 0.4) is 0 Å². The summed E-state index contributed by atoms with van der Waals surface area (Å²) in [5.74, 6) is 0.00804. The van der Waals surface area contributed by atoms with Crippen LogP contribution in [0, 0.1) is 10.1 Å². The van der Waals surface area contributed by atoms with Crippen LogP contribution in [-0.2, 0) is 9.84 Å². The Labute approximate surface area is 115 Å². The summed E-state index contributed by atoms with van der Waals surface area (Å²) in [7, 11) is -3.06. The summed E-state index contributed by atoms with van der Waals surface area (Å²) in [6, 6.07) is 3.99.